The Hall–Kier alpha value is -3.61. The van der Waals surface area contributed by atoms with E-state index in [2.05, 4.69) is 10.1 Å². The van der Waals surface area contributed by atoms with Gasteiger partial charge < -0.3 is 19.1 Å². The van der Waals surface area contributed by atoms with Gasteiger partial charge in [0.25, 0.3) is 0 Å². The first-order chi connectivity index (χ1) is 14.4. The molecule has 0 radical (unpaired) electrons. The Morgan fingerprint density at radius 1 is 1.17 bits per heavy atom. The van der Waals surface area contributed by atoms with Gasteiger partial charge in [-0.2, -0.15) is 0 Å². The molecule has 0 aliphatic carbocycles. The van der Waals surface area contributed by atoms with Crippen LogP contribution < -0.4 is 4.74 Å². The quantitative estimate of drug-likeness (QED) is 0.415. The average Bonchev–Trinajstić information content (AvgIpc) is 3.08. The van der Waals surface area contributed by atoms with E-state index in [4.69, 9.17) is 19.1 Å². The molecule has 7 heteroatoms. The summed E-state index contributed by atoms with van der Waals surface area (Å²) in [6.45, 7) is 5.61. The molecule has 0 saturated heterocycles. The molecule has 0 aliphatic heterocycles. The second kappa shape index (κ2) is 9.73. The van der Waals surface area contributed by atoms with E-state index in [9.17, 15) is 4.79 Å². The lowest BCUT2D eigenvalue weighted by Crippen LogP contribution is -2.10. The second-order valence-corrected chi connectivity index (χ2v) is 6.94. The van der Waals surface area contributed by atoms with Crippen molar-refractivity contribution in [2.24, 2.45) is 5.16 Å². The number of nitrogens with zero attached hydrogens (tertiary/aromatic N) is 2. The van der Waals surface area contributed by atoms with Gasteiger partial charge in [0, 0.05) is 18.2 Å². The van der Waals surface area contributed by atoms with Crippen molar-refractivity contribution in [3.05, 3.63) is 70.6 Å². The third kappa shape index (κ3) is 5.70. The summed E-state index contributed by atoms with van der Waals surface area (Å²) in [5, 5.41) is 12.7. The molecule has 0 atom stereocenters. The lowest BCUT2D eigenvalue weighted by molar-refractivity contribution is -0.139. The zero-order valence-electron chi connectivity index (χ0n) is 17.2. The van der Waals surface area contributed by atoms with Gasteiger partial charge in [-0.25, -0.2) is 9.78 Å². The van der Waals surface area contributed by atoms with Gasteiger partial charge in [0.05, 0.1) is 0 Å². The van der Waals surface area contributed by atoms with Crippen molar-refractivity contribution in [2.45, 2.75) is 33.8 Å². The van der Waals surface area contributed by atoms with Gasteiger partial charge in [0.15, 0.2) is 13.2 Å². The van der Waals surface area contributed by atoms with Crippen LogP contribution in [0.3, 0.4) is 0 Å². The number of oxime groups is 1. The predicted molar refractivity (Wildman–Crippen MR) is 113 cm³/mol. The molecule has 0 amide bonds. The van der Waals surface area contributed by atoms with E-state index in [1.807, 2.05) is 57.2 Å². The van der Waals surface area contributed by atoms with Crippen molar-refractivity contribution >= 4 is 12.2 Å². The molecule has 1 aromatic heterocycles. The molecule has 156 valence electrons. The van der Waals surface area contributed by atoms with Gasteiger partial charge >= 0.3 is 5.97 Å². The number of oxazole rings is 1. The van der Waals surface area contributed by atoms with E-state index in [1.54, 1.807) is 12.3 Å². The first-order valence-electron chi connectivity index (χ1n) is 9.53. The summed E-state index contributed by atoms with van der Waals surface area (Å²) < 4.78 is 11.0. The molecule has 0 bridgehead atoms. The van der Waals surface area contributed by atoms with E-state index in [-0.39, 0.29) is 13.2 Å². The number of carboxylic acid groups (broad SMARTS) is 1. The molecule has 0 aliphatic rings. The first-order valence-corrected chi connectivity index (χ1v) is 9.53. The molecule has 30 heavy (non-hydrogen) atoms. The van der Waals surface area contributed by atoms with Crippen LogP contribution in [0.1, 0.15) is 28.1 Å². The van der Waals surface area contributed by atoms with Crippen LogP contribution in [0.4, 0.5) is 0 Å². The van der Waals surface area contributed by atoms with E-state index < -0.39 is 5.97 Å². The zero-order valence-corrected chi connectivity index (χ0v) is 17.2. The largest absolute Gasteiger partial charge is 0.482 e. The molecule has 0 spiro atoms. The van der Waals surface area contributed by atoms with Gasteiger partial charge in [-0.1, -0.05) is 35.0 Å². The number of aryl methyl sites for hydroxylation is 3. The maximum atomic E-state index is 10.6. The maximum absolute atomic E-state index is 10.6. The van der Waals surface area contributed by atoms with Crippen molar-refractivity contribution in [1.29, 1.82) is 0 Å². The van der Waals surface area contributed by atoms with Crippen LogP contribution in [-0.4, -0.2) is 28.9 Å². The Morgan fingerprint density at radius 2 is 1.93 bits per heavy atom. The summed E-state index contributed by atoms with van der Waals surface area (Å²) in [4.78, 5) is 20.5. The normalized spacial score (nSPS) is 11.0. The Balaban J connectivity index is 1.51. The minimum atomic E-state index is -1.00. The van der Waals surface area contributed by atoms with Crippen molar-refractivity contribution in [3.63, 3.8) is 0 Å². The Labute approximate surface area is 175 Å². The van der Waals surface area contributed by atoms with Crippen LogP contribution in [0.5, 0.6) is 5.75 Å². The summed E-state index contributed by atoms with van der Waals surface area (Å²) in [6, 6.07) is 13.5. The number of benzene rings is 2. The molecular weight excluding hydrogens is 384 g/mol. The molecule has 3 aromatic rings. The highest BCUT2D eigenvalue weighted by molar-refractivity contribution is 5.68. The third-order valence-electron chi connectivity index (χ3n) is 4.46. The van der Waals surface area contributed by atoms with Crippen LogP contribution in [-0.2, 0) is 22.7 Å². The number of carbonyl (C=O) groups is 1. The van der Waals surface area contributed by atoms with Crippen molar-refractivity contribution in [2.75, 3.05) is 6.61 Å². The zero-order chi connectivity index (χ0) is 21.5. The number of aliphatic carboxylic acids is 1. The van der Waals surface area contributed by atoms with Gasteiger partial charge in [-0.05, 0) is 50.1 Å². The van der Waals surface area contributed by atoms with E-state index in [0.29, 0.717) is 29.5 Å². The number of aromatic nitrogens is 1. The number of rotatable bonds is 9. The molecule has 0 saturated carbocycles. The summed E-state index contributed by atoms with van der Waals surface area (Å²) in [5.74, 6) is 0.820. The first kappa shape index (κ1) is 21.1. The minimum Gasteiger partial charge on any atom is -0.482 e. The van der Waals surface area contributed by atoms with Gasteiger partial charge in [0.2, 0.25) is 5.89 Å². The van der Waals surface area contributed by atoms with Crippen LogP contribution in [0.15, 0.2) is 52.0 Å². The fourth-order valence-electron chi connectivity index (χ4n) is 2.82. The molecule has 1 heterocycles. The Kier molecular flexibility index (Phi) is 6.85. The standard InChI is InChI=1S/C23H24N2O5/c1-15-4-7-19(8-5-15)23-25-20(17(3)30-23)13-29-24-11-10-18-6-9-21(16(2)12-18)28-14-22(26)27/h4-9,11-12H,10,13-14H2,1-3H3,(H,26,27). The maximum Gasteiger partial charge on any atom is 0.341 e. The highest BCUT2D eigenvalue weighted by Crippen LogP contribution is 2.22. The SMILES string of the molecule is Cc1ccc(-c2nc(CON=CCc3ccc(OCC(=O)O)c(C)c3)c(C)o2)cc1. The van der Waals surface area contributed by atoms with Gasteiger partial charge in [-0.15, -0.1) is 0 Å². The van der Waals surface area contributed by atoms with Crippen molar-refractivity contribution in [3.8, 4) is 17.2 Å². The fraction of sp³-hybridized carbons (Fsp3) is 0.261. The molecule has 2 aromatic carbocycles. The topological polar surface area (TPSA) is 94.2 Å². The van der Waals surface area contributed by atoms with Crippen LogP contribution in [0.25, 0.3) is 11.5 Å². The number of hydrogen-bond donors (Lipinski definition) is 1. The molecule has 3 rings (SSSR count). The van der Waals surface area contributed by atoms with Crippen molar-refractivity contribution in [1.82, 2.24) is 4.98 Å². The summed E-state index contributed by atoms with van der Waals surface area (Å²) in [6.07, 6.45) is 2.25. The lowest BCUT2D eigenvalue weighted by atomic mass is 10.1. The Bertz CT molecular complexity index is 1040. The lowest BCUT2D eigenvalue weighted by Gasteiger charge is -2.08. The molecule has 1 N–H and O–H groups in total. The van der Waals surface area contributed by atoms with Crippen LogP contribution >= 0.6 is 0 Å². The number of hydrogen-bond acceptors (Lipinski definition) is 6. The number of ether oxygens (including phenoxy) is 1. The summed E-state index contributed by atoms with van der Waals surface area (Å²) in [7, 11) is 0. The van der Waals surface area contributed by atoms with Crippen LogP contribution in [0, 0.1) is 20.8 Å². The fourth-order valence-corrected chi connectivity index (χ4v) is 2.82. The molecule has 7 nitrogen and oxygen atoms in total. The summed E-state index contributed by atoms with van der Waals surface area (Å²) in [5.41, 5.74) is 4.69. The van der Waals surface area contributed by atoms with Crippen LogP contribution in [0.2, 0.25) is 0 Å². The predicted octanol–water partition coefficient (Wildman–Crippen LogP) is 4.48. The van der Waals surface area contributed by atoms with Gasteiger partial charge in [0.1, 0.15) is 17.2 Å². The Morgan fingerprint density at radius 3 is 2.63 bits per heavy atom. The summed E-state index contributed by atoms with van der Waals surface area (Å²) >= 11 is 0. The highest BCUT2D eigenvalue weighted by atomic mass is 16.6. The van der Waals surface area contributed by atoms with E-state index >= 15 is 0 Å². The third-order valence-corrected chi connectivity index (χ3v) is 4.46. The smallest absolute Gasteiger partial charge is 0.341 e. The molecule has 0 unspecified atom stereocenters. The monoisotopic (exact) mass is 408 g/mol. The average molecular weight is 408 g/mol. The molecular formula is C23H24N2O5. The van der Waals surface area contributed by atoms with E-state index in [0.717, 1.165) is 16.7 Å². The highest BCUT2D eigenvalue weighted by Gasteiger charge is 2.11. The van der Waals surface area contributed by atoms with Gasteiger partial charge in [-0.3, -0.25) is 0 Å². The van der Waals surface area contributed by atoms with E-state index in [1.165, 1.54) is 5.56 Å². The molecule has 0 fully saturated rings. The minimum absolute atomic E-state index is 0.221. The number of carboxylic acids is 1. The van der Waals surface area contributed by atoms with Crippen molar-refractivity contribution < 1.29 is 23.9 Å². The second-order valence-electron chi connectivity index (χ2n) is 6.94.